The zero-order valence-corrected chi connectivity index (χ0v) is 15.1. The number of hydrogen-bond acceptors (Lipinski definition) is 4. The van der Waals surface area contributed by atoms with E-state index in [1.807, 2.05) is 24.3 Å². The first-order valence-corrected chi connectivity index (χ1v) is 8.49. The fourth-order valence-electron chi connectivity index (χ4n) is 2.99. The zero-order chi connectivity index (χ0) is 18.7. The molecule has 0 radical (unpaired) electrons. The molecule has 1 aliphatic rings. The maximum atomic E-state index is 13.0. The number of esters is 1. The highest BCUT2D eigenvalue weighted by molar-refractivity contribution is 6.16. The molecule has 0 unspecified atom stereocenters. The largest absolute Gasteiger partial charge is 0.467 e. The van der Waals surface area contributed by atoms with E-state index in [0.717, 1.165) is 12.0 Å². The number of furan rings is 1. The highest BCUT2D eigenvalue weighted by Crippen LogP contribution is 2.32. The van der Waals surface area contributed by atoms with Gasteiger partial charge in [-0.1, -0.05) is 31.2 Å². The first-order valence-electron chi connectivity index (χ1n) is 8.49. The summed E-state index contributed by atoms with van der Waals surface area (Å²) in [6.45, 7) is 4.10. The van der Waals surface area contributed by atoms with Crippen LogP contribution in [0.3, 0.4) is 0 Å². The minimum absolute atomic E-state index is 0.237. The Morgan fingerprint density at radius 3 is 2.54 bits per heavy atom. The van der Waals surface area contributed by atoms with Crippen molar-refractivity contribution in [2.75, 3.05) is 7.11 Å². The van der Waals surface area contributed by atoms with E-state index >= 15 is 0 Å². The van der Waals surface area contributed by atoms with Crippen molar-refractivity contribution in [2.24, 2.45) is 0 Å². The molecule has 2 aromatic rings. The Kier molecular flexibility index (Phi) is 5.07. The van der Waals surface area contributed by atoms with Crippen molar-refractivity contribution in [2.45, 2.75) is 26.8 Å². The van der Waals surface area contributed by atoms with Crippen LogP contribution >= 0.6 is 0 Å². The number of benzene rings is 1. The van der Waals surface area contributed by atoms with Gasteiger partial charge in [0.2, 0.25) is 0 Å². The van der Waals surface area contributed by atoms with Crippen LogP contribution in [0.4, 0.5) is 0 Å². The molecule has 134 valence electrons. The number of aryl methyl sites for hydroxylation is 1. The number of nitrogens with zero attached hydrogens (tertiary/aromatic N) is 1. The Hall–Kier alpha value is -3.08. The lowest BCUT2D eigenvalue weighted by Crippen LogP contribution is -2.24. The van der Waals surface area contributed by atoms with E-state index in [2.05, 4.69) is 6.92 Å². The minimum Gasteiger partial charge on any atom is -0.467 e. The predicted molar refractivity (Wildman–Crippen MR) is 97.8 cm³/mol. The summed E-state index contributed by atoms with van der Waals surface area (Å²) < 4.78 is 10.2. The van der Waals surface area contributed by atoms with Crippen LogP contribution in [-0.2, 0) is 27.3 Å². The highest BCUT2D eigenvalue weighted by atomic mass is 16.5. The summed E-state index contributed by atoms with van der Waals surface area (Å²) in [6.07, 6.45) is 4.24. The van der Waals surface area contributed by atoms with E-state index < -0.39 is 5.97 Å². The zero-order valence-electron chi connectivity index (χ0n) is 15.1. The molecule has 0 atom stereocenters. The van der Waals surface area contributed by atoms with Gasteiger partial charge in [0.15, 0.2) is 0 Å². The summed E-state index contributed by atoms with van der Waals surface area (Å²) in [7, 11) is 1.32. The maximum absolute atomic E-state index is 13.0. The van der Waals surface area contributed by atoms with E-state index in [1.54, 1.807) is 31.4 Å². The molecule has 0 bridgehead atoms. The molecule has 26 heavy (non-hydrogen) atoms. The van der Waals surface area contributed by atoms with Crippen LogP contribution in [0.25, 0.3) is 6.08 Å². The van der Waals surface area contributed by atoms with Crippen molar-refractivity contribution in [3.63, 3.8) is 0 Å². The summed E-state index contributed by atoms with van der Waals surface area (Å²) >= 11 is 0. The van der Waals surface area contributed by atoms with Gasteiger partial charge in [0, 0.05) is 5.70 Å². The average Bonchev–Trinajstić information content (AvgIpc) is 3.25. The van der Waals surface area contributed by atoms with Gasteiger partial charge in [-0.25, -0.2) is 4.79 Å². The fraction of sp³-hybridized carbons (Fsp3) is 0.238. The standard InChI is InChI=1S/C21H21NO4/c1-4-15-7-9-16(10-8-15)12-18-19(21(24)25-3)14(2)22(20(18)23)13-17-6-5-11-26-17/h5-12H,4,13H2,1-3H3/b18-12+. The predicted octanol–water partition coefficient (Wildman–Crippen LogP) is 3.71. The molecule has 5 heteroatoms. The second kappa shape index (κ2) is 7.44. The molecule has 0 N–H and O–H groups in total. The normalized spacial score (nSPS) is 15.9. The molecule has 0 aliphatic carbocycles. The average molecular weight is 351 g/mol. The van der Waals surface area contributed by atoms with E-state index in [0.29, 0.717) is 22.6 Å². The third-order valence-electron chi connectivity index (χ3n) is 4.49. The second-order valence-electron chi connectivity index (χ2n) is 6.08. The van der Waals surface area contributed by atoms with Crippen molar-refractivity contribution in [3.8, 4) is 0 Å². The number of rotatable bonds is 5. The Morgan fingerprint density at radius 1 is 1.23 bits per heavy atom. The first kappa shape index (κ1) is 17.7. The third kappa shape index (κ3) is 3.33. The van der Waals surface area contributed by atoms with Crippen LogP contribution in [0.1, 0.15) is 30.7 Å². The van der Waals surface area contributed by atoms with Crippen molar-refractivity contribution >= 4 is 18.0 Å². The molecule has 1 aliphatic heterocycles. The number of amides is 1. The van der Waals surface area contributed by atoms with Crippen LogP contribution in [-0.4, -0.2) is 23.9 Å². The molecule has 0 spiro atoms. The number of ether oxygens (including phenoxy) is 1. The van der Waals surface area contributed by atoms with Gasteiger partial charge in [-0.2, -0.15) is 0 Å². The number of carbonyl (C=O) groups excluding carboxylic acids is 2. The van der Waals surface area contributed by atoms with Gasteiger partial charge in [0.25, 0.3) is 5.91 Å². The summed E-state index contributed by atoms with van der Waals surface area (Å²) in [5, 5.41) is 0. The molecule has 0 saturated heterocycles. The minimum atomic E-state index is -0.519. The number of allylic oxidation sites excluding steroid dienone is 1. The van der Waals surface area contributed by atoms with Gasteiger partial charge in [0.05, 0.1) is 31.1 Å². The van der Waals surface area contributed by atoms with Crippen LogP contribution in [0.5, 0.6) is 0 Å². The van der Waals surface area contributed by atoms with E-state index in [4.69, 9.17) is 9.15 Å². The Bertz CT molecular complexity index is 873. The summed E-state index contributed by atoms with van der Waals surface area (Å²) in [5.74, 6) is -0.108. The molecule has 3 rings (SSSR count). The first-order chi connectivity index (χ1) is 12.5. The fourth-order valence-corrected chi connectivity index (χ4v) is 2.99. The van der Waals surface area contributed by atoms with Crippen molar-refractivity contribution in [1.29, 1.82) is 0 Å². The quantitative estimate of drug-likeness (QED) is 0.608. The summed E-state index contributed by atoms with van der Waals surface area (Å²) in [6, 6.07) is 11.5. The van der Waals surface area contributed by atoms with Crippen molar-refractivity contribution in [1.82, 2.24) is 4.90 Å². The number of methoxy groups -OCH3 is 1. The van der Waals surface area contributed by atoms with Crippen LogP contribution in [0, 0.1) is 0 Å². The van der Waals surface area contributed by atoms with Crippen molar-refractivity contribution < 1.29 is 18.7 Å². The molecule has 1 amide bonds. The van der Waals surface area contributed by atoms with Gasteiger partial charge in [-0.3, -0.25) is 4.79 Å². The van der Waals surface area contributed by atoms with E-state index in [-0.39, 0.29) is 12.5 Å². The smallest absolute Gasteiger partial charge is 0.340 e. The molecule has 5 nitrogen and oxygen atoms in total. The van der Waals surface area contributed by atoms with Crippen LogP contribution in [0.15, 0.2) is 63.9 Å². The molecular formula is C21H21NO4. The highest BCUT2D eigenvalue weighted by Gasteiger charge is 2.37. The Morgan fingerprint density at radius 2 is 1.96 bits per heavy atom. The monoisotopic (exact) mass is 351 g/mol. The molecular weight excluding hydrogens is 330 g/mol. The summed E-state index contributed by atoms with van der Waals surface area (Å²) in [4.78, 5) is 26.8. The van der Waals surface area contributed by atoms with E-state index in [9.17, 15) is 9.59 Å². The Balaban J connectivity index is 2.00. The van der Waals surface area contributed by atoms with Crippen molar-refractivity contribution in [3.05, 3.63) is 76.4 Å². The van der Waals surface area contributed by atoms with E-state index in [1.165, 1.54) is 17.6 Å². The van der Waals surface area contributed by atoms with Crippen LogP contribution in [0.2, 0.25) is 0 Å². The van der Waals surface area contributed by atoms with Gasteiger partial charge >= 0.3 is 5.97 Å². The maximum Gasteiger partial charge on any atom is 0.340 e. The van der Waals surface area contributed by atoms with Gasteiger partial charge in [-0.05, 0) is 42.7 Å². The lowest BCUT2D eigenvalue weighted by atomic mass is 10.0. The molecule has 1 aromatic heterocycles. The molecule has 0 fully saturated rings. The third-order valence-corrected chi connectivity index (χ3v) is 4.49. The summed E-state index contributed by atoms with van der Waals surface area (Å²) in [5.41, 5.74) is 3.27. The van der Waals surface area contributed by atoms with Gasteiger partial charge in [0.1, 0.15) is 5.76 Å². The molecule has 1 aromatic carbocycles. The van der Waals surface area contributed by atoms with Gasteiger partial charge in [-0.15, -0.1) is 0 Å². The SMILES string of the molecule is CCc1ccc(/C=C2/C(=O)N(Cc3ccco3)C(C)=C2C(=O)OC)cc1. The topological polar surface area (TPSA) is 59.8 Å². The second-order valence-corrected chi connectivity index (χ2v) is 6.08. The molecule has 2 heterocycles. The van der Waals surface area contributed by atoms with Crippen LogP contribution < -0.4 is 0 Å². The van der Waals surface area contributed by atoms with Gasteiger partial charge < -0.3 is 14.1 Å². The number of carbonyl (C=O) groups is 2. The lowest BCUT2D eigenvalue weighted by Gasteiger charge is -2.16. The molecule has 0 saturated carbocycles. The lowest BCUT2D eigenvalue weighted by molar-refractivity contribution is -0.136. The number of hydrogen-bond donors (Lipinski definition) is 0. The Labute approximate surface area is 152 Å².